The zero-order valence-corrected chi connectivity index (χ0v) is 46.7. The lowest BCUT2D eigenvalue weighted by molar-refractivity contribution is -0.760. The van der Waals surface area contributed by atoms with E-state index < -0.39 is 5.66 Å². The molecule has 2 aliphatic carbocycles. The molecule has 2 atom stereocenters. The Bertz CT molecular complexity index is 3350. The van der Waals surface area contributed by atoms with Gasteiger partial charge in [-0.15, -0.1) is 0 Å². The summed E-state index contributed by atoms with van der Waals surface area (Å²) in [6, 6.07) is 29.1. The third-order valence-electron chi connectivity index (χ3n) is 20.2. The molecule has 2 saturated carbocycles. The number of fused-ring (bicyclic) bond motifs is 7. The molecular formula is C67H82N3O+. The van der Waals surface area contributed by atoms with Gasteiger partial charge in [-0.2, -0.15) is 4.57 Å². The maximum absolute atomic E-state index is 7.27. The molecule has 6 aliphatic rings. The van der Waals surface area contributed by atoms with Crippen molar-refractivity contribution < 1.29 is 9.30 Å². The van der Waals surface area contributed by atoms with Crippen LogP contribution < -0.4 is 9.30 Å². The van der Waals surface area contributed by atoms with Gasteiger partial charge >= 0.3 is 0 Å². The van der Waals surface area contributed by atoms with Crippen LogP contribution in [-0.2, 0) is 27.3 Å². The molecule has 2 unspecified atom stereocenters. The van der Waals surface area contributed by atoms with Crippen molar-refractivity contribution in [3.8, 4) is 17.3 Å². The van der Waals surface area contributed by atoms with Gasteiger partial charge in [0.15, 0.2) is 5.52 Å². The standard InChI is InChI=1S/C67H82N3O/c1-40-32-43(66(18)63(13,14)38-62(11,12)39-64(66,15)16)22-24-44(40)47-34-52-46-20-19-21-53-56(46)67(68(52)36-41(47)2)57-54(71-53)27-25-45-48-33-42(65(17)30-28-61(9,10)29-31-65)23-26-51(48)70(58(45)57)55-35-49(59(3,4)5)50(37-69(55)67)60(6,7)8/h19-27,32-37,52H,28-31,38-39H2,1-18H3/q+1. The summed E-state index contributed by atoms with van der Waals surface area (Å²) in [5.74, 6) is 3.11. The lowest BCUT2D eigenvalue weighted by atomic mass is 9.41. The molecule has 0 amide bonds. The van der Waals surface area contributed by atoms with Gasteiger partial charge < -0.3 is 9.64 Å². The van der Waals surface area contributed by atoms with E-state index in [0.29, 0.717) is 10.8 Å². The predicted octanol–water partition coefficient (Wildman–Crippen LogP) is 17.5. The first kappa shape index (κ1) is 46.9. The van der Waals surface area contributed by atoms with Crippen LogP contribution in [0.15, 0.2) is 96.8 Å². The SMILES string of the molecule is CC1=CN2C(C=C1c1ccc(C3(C)C(C)(C)CC(C)(C)CC3(C)C)cc1C)c1cccc3c1C21c2c(ccc4c5cc(C6(C)CCC(C)(C)CC6)ccc5n(c24)-c2cc(C(C)(C)C)c(C(C)(C)C)c[n+]21)O3. The first-order valence-electron chi connectivity index (χ1n) is 27.3. The van der Waals surface area contributed by atoms with Gasteiger partial charge in [-0.1, -0.05) is 147 Å². The summed E-state index contributed by atoms with van der Waals surface area (Å²) in [6.45, 7) is 44.2. The third-order valence-corrected chi connectivity index (χ3v) is 20.2. The van der Waals surface area contributed by atoms with Gasteiger partial charge in [0.1, 0.15) is 22.6 Å². The molecule has 6 heterocycles. The molecule has 0 N–H and O–H groups in total. The minimum Gasteiger partial charge on any atom is -0.456 e. The van der Waals surface area contributed by atoms with E-state index in [2.05, 4.69) is 230 Å². The zero-order valence-electron chi connectivity index (χ0n) is 46.7. The number of ether oxygens (including phenoxy) is 1. The highest BCUT2D eigenvalue weighted by Gasteiger charge is 2.65. The Hall–Kier alpha value is -5.09. The summed E-state index contributed by atoms with van der Waals surface area (Å²) in [5.41, 5.74) is 17.6. The molecule has 4 aromatic carbocycles. The summed E-state index contributed by atoms with van der Waals surface area (Å²) in [7, 11) is 0. The molecule has 71 heavy (non-hydrogen) atoms. The van der Waals surface area contributed by atoms with Crippen molar-refractivity contribution in [2.45, 2.75) is 197 Å². The van der Waals surface area contributed by atoms with E-state index in [0.717, 1.165) is 11.5 Å². The molecule has 12 rings (SSSR count). The van der Waals surface area contributed by atoms with Gasteiger partial charge in [-0.25, -0.2) is 4.57 Å². The van der Waals surface area contributed by atoms with Crippen molar-refractivity contribution in [1.82, 2.24) is 9.47 Å². The predicted molar refractivity (Wildman–Crippen MR) is 296 cm³/mol. The molecule has 0 radical (unpaired) electrons. The summed E-state index contributed by atoms with van der Waals surface area (Å²) in [4.78, 5) is 2.74. The molecule has 2 fully saturated rings. The number of aromatic nitrogens is 2. The van der Waals surface area contributed by atoms with E-state index in [4.69, 9.17) is 4.74 Å². The van der Waals surface area contributed by atoms with Crippen molar-refractivity contribution in [2.75, 3.05) is 0 Å². The fourth-order valence-corrected chi connectivity index (χ4v) is 16.6. The van der Waals surface area contributed by atoms with Crippen LogP contribution in [0.3, 0.4) is 0 Å². The Morgan fingerprint density at radius 1 is 0.634 bits per heavy atom. The van der Waals surface area contributed by atoms with Crippen LogP contribution in [0.25, 0.3) is 33.2 Å². The Balaban J connectivity index is 1.10. The molecule has 0 bridgehead atoms. The number of rotatable bonds is 3. The Morgan fingerprint density at radius 2 is 1.28 bits per heavy atom. The Morgan fingerprint density at radius 3 is 1.93 bits per heavy atom. The molecule has 2 aromatic heterocycles. The van der Waals surface area contributed by atoms with Gasteiger partial charge in [-0.05, 0) is 171 Å². The van der Waals surface area contributed by atoms with Crippen LogP contribution in [0.1, 0.15) is 212 Å². The average molecular weight is 945 g/mol. The van der Waals surface area contributed by atoms with Crippen LogP contribution >= 0.6 is 0 Å². The lowest BCUT2D eigenvalue weighted by Gasteiger charge is -2.63. The normalized spacial score (nSPS) is 24.7. The van der Waals surface area contributed by atoms with Crippen molar-refractivity contribution in [2.24, 2.45) is 21.7 Å². The number of pyridine rings is 1. The molecule has 370 valence electrons. The lowest BCUT2D eigenvalue weighted by Crippen LogP contribution is -2.68. The summed E-state index contributed by atoms with van der Waals surface area (Å²) in [5, 5.41) is 2.65. The van der Waals surface area contributed by atoms with E-state index in [9.17, 15) is 0 Å². The highest BCUT2D eigenvalue weighted by Crippen LogP contribution is 2.66. The van der Waals surface area contributed by atoms with E-state index >= 15 is 0 Å². The topological polar surface area (TPSA) is 21.3 Å². The highest BCUT2D eigenvalue weighted by molar-refractivity contribution is 6.12. The fraction of sp³-hybridized carbons (Fsp3) is 0.507. The maximum Gasteiger partial charge on any atom is 0.289 e. The van der Waals surface area contributed by atoms with E-state index in [-0.39, 0.29) is 38.5 Å². The van der Waals surface area contributed by atoms with Crippen LogP contribution in [0, 0.1) is 28.6 Å². The van der Waals surface area contributed by atoms with Crippen molar-refractivity contribution in [3.05, 3.63) is 147 Å². The van der Waals surface area contributed by atoms with E-state index in [1.807, 2.05) is 0 Å². The molecule has 1 spiro atoms. The smallest absolute Gasteiger partial charge is 0.289 e. The first-order valence-corrected chi connectivity index (χ1v) is 27.3. The number of benzene rings is 4. The van der Waals surface area contributed by atoms with Crippen molar-refractivity contribution >= 4 is 27.4 Å². The largest absolute Gasteiger partial charge is 0.456 e. The Kier molecular flexibility index (Phi) is 9.35. The Labute approximate surface area is 426 Å². The first-order chi connectivity index (χ1) is 32.9. The van der Waals surface area contributed by atoms with E-state index in [1.54, 1.807) is 0 Å². The molecule has 0 saturated heterocycles. The van der Waals surface area contributed by atoms with Crippen LogP contribution in [0.5, 0.6) is 11.5 Å². The minimum absolute atomic E-state index is 0.0159. The van der Waals surface area contributed by atoms with Crippen molar-refractivity contribution in [1.29, 1.82) is 0 Å². The number of aryl methyl sites for hydroxylation is 1. The summed E-state index contributed by atoms with van der Waals surface area (Å²) in [6.07, 6.45) is 15.1. The van der Waals surface area contributed by atoms with Crippen LogP contribution in [0.2, 0.25) is 0 Å². The van der Waals surface area contributed by atoms with Crippen LogP contribution in [0.4, 0.5) is 0 Å². The molecule has 4 heteroatoms. The maximum atomic E-state index is 7.27. The minimum atomic E-state index is -0.716. The van der Waals surface area contributed by atoms with Crippen molar-refractivity contribution in [3.63, 3.8) is 0 Å². The number of hydrogen-bond donors (Lipinski definition) is 0. The second kappa shape index (κ2) is 14.1. The summed E-state index contributed by atoms with van der Waals surface area (Å²) >= 11 is 0. The number of hydrogen-bond acceptors (Lipinski definition) is 2. The van der Waals surface area contributed by atoms with Crippen LogP contribution in [-0.4, -0.2) is 9.47 Å². The van der Waals surface area contributed by atoms with Gasteiger partial charge in [-0.3, -0.25) is 0 Å². The molecular weight excluding hydrogens is 863 g/mol. The summed E-state index contributed by atoms with van der Waals surface area (Å²) < 4.78 is 12.6. The quantitative estimate of drug-likeness (QED) is 0.165. The zero-order chi connectivity index (χ0) is 50.8. The second-order valence-electron chi connectivity index (χ2n) is 29.1. The van der Waals surface area contributed by atoms with Gasteiger partial charge in [0.05, 0.1) is 17.8 Å². The second-order valence-corrected chi connectivity index (χ2v) is 29.1. The van der Waals surface area contributed by atoms with Gasteiger partial charge in [0.25, 0.3) is 5.82 Å². The number of nitrogens with zero attached hydrogens (tertiary/aromatic N) is 3. The molecule has 6 aromatic rings. The molecule has 4 aliphatic heterocycles. The van der Waals surface area contributed by atoms with Gasteiger partial charge in [0.2, 0.25) is 5.66 Å². The van der Waals surface area contributed by atoms with E-state index in [1.165, 1.54) is 127 Å². The fourth-order valence-electron chi connectivity index (χ4n) is 16.6. The average Bonchev–Trinajstić information content (AvgIpc) is 3.75. The van der Waals surface area contributed by atoms with Gasteiger partial charge in [0, 0.05) is 34.0 Å². The monoisotopic (exact) mass is 945 g/mol. The highest BCUT2D eigenvalue weighted by atomic mass is 16.5. The third kappa shape index (κ3) is 6.18. The molecule has 4 nitrogen and oxygen atoms in total. The number of allylic oxidation sites excluding steroid dienone is 2.